The maximum atomic E-state index is 6.56. The Labute approximate surface area is 104 Å². The van der Waals surface area contributed by atoms with Crippen LogP contribution in [-0.4, -0.2) is 14.1 Å². The summed E-state index contributed by atoms with van der Waals surface area (Å²) in [5, 5.41) is 0. The predicted octanol–water partition coefficient (Wildman–Crippen LogP) is 4.34. The van der Waals surface area contributed by atoms with Crippen LogP contribution in [0, 0.1) is 11.8 Å². The summed E-state index contributed by atoms with van der Waals surface area (Å²) < 4.78 is -0.948. The minimum absolute atomic E-state index is 0.470. The molecule has 0 aromatic carbocycles. The van der Waals surface area contributed by atoms with Gasteiger partial charge in [-0.2, -0.15) is 0 Å². The summed E-state index contributed by atoms with van der Waals surface area (Å²) in [5.74, 6) is 1.28. The molecule has 0 N–H and O–H groups in total. The summed E-state index contributed by atoms with van der Waals surface area (Å²) in [6.07, 6.45) is 5.02. The quantitative estimate of drug-likeness (QED) is 0.576. The first-order valence-corrected chi connectivity index (χ1v) is 6.63. The van der Waals surface area contributed by atoms with Crippen LogP contribution in [0.3, 0.4) is 0 Å². The molecular formula is C10H12Cl4. The molecule has 4 rings (SSSR count). The molecule has 0 atom stereocenters. The van der Waals surface area contributed by atoms with E-state index in [-0.39, 0.29) is 0 Å². The third-order valence-corrected chi connectivity index (χ3v) is 7.26. The van der Waals surface area contributed by atoms with Crippen molar-refractivity contribution in [3.63, 3.8) is 0 Å². The van der Waals surface area contributed by atoms with Crippen molar-refractivity contribution >= 4 is 46.4 Å². The molecule has 0 saturated heterocycles. The molecule has 4 bridgehead atoms. The zero-order chi connectivity index (χ0) is 10.2. The second-order valence-electron chi connectivity index (χ2n) is 5.29. The minimum Gasteiger partial charge on any atom is -0.116 e. The van der Waals surface area contributed by atoms with Gasteiger partial charge in [0, 0.05) is 0 Å². The molecule has 4 fully saturated rings. The van der Waals surface area contributed by atoms with Crippen LogP contribution in [0.25, 0.3) is 0 Å². The SMILES string of the molecule is ClC12CC3CC(C1)CC(Cl)(C3)C2(Cl)Cl. The van der Waals surface area contributed by atoms with Gasteiger partial charge in [-0.3, -0.25) is 0 Å². The number of rotatable bonds is 0. The maximum absolute atomic E-state index is 6.56. The molecule has 0 unspecified atom stereocenters. The van der Waals surface area contributed by atoms with Crippen LogP contribution in [0.5, 0.6) is 0 Å². The first kappa shape index (κ1) is 10.3. The van der Waals surface area contributed by atoms with E-state index in [2.05, 4.69) is 0 Å². The summed E-state index contributed by atoms with van der Waals surface area (Å²) in [5.41, 5.74) is 0. The van der Waals surface area contributed by atoms with E-state index in [4.69, 9.17) is 46.4 Å². The fraction of sp³-hybridized carbons (Fsp3) is 1.00. The molecular weight excluding hydrogens is 262 g/mol. The Morgan fingerprint density at radius 3 is 1.43 bits per heavy atom. The van der Waals surface area contributed by atoms with Gasteiger partial charge in [-0.25, -0.2) is 0 Å². The lowest BCUT2D eigenvalue weighted by molar-refractivity contribution is 0.0410. The number of alkyl halides is 4. The summed E-state index contributed by atoms with van der Waals surface area (Å²) >= 11 is 25.9. The lowest BCUT2D eigenvalue weighted by Crippen LogP contribution is -2.67. The average Bonchev–Trinajstić information content (AvgIpc) is 1.98. The molecule has 0 aliphatic heterocycles. The first-order valence-electron chi connectivity index (χ1n) is 5.12. The van der Waals surface area contributed by atoms with E-state index < -0.39 is 14.1 Å². The molecule has 0 heterocycles. The van der Waals surface area contributed by atoms with Gasteiger partial charge in [0.05, 0.1) is 9.75 Å². The fourth-order valence-electron chi connectivity index (χ4n) is 3.86. The molecule has 14 heavy (non-hydrogen) atoms. The smallest absolute Gasteiger partial charge is 0.116 e. The molecule has 4 saturated carbocycles. The molecule has 0 aromatic heterocycles. The van der Waals surface area contributed by atoms with Crippen molar-refractivity contribution in [1.29, 1.82) is 0 Å². The predicted molar refractivity (Wildman–Crippen MR) is 61.7 cm³/mol. The molecule has 0 amide bonds. The number of hydrogen-bond donors (Lipinski definition) is 0. The Morgan fingerprint density at radius 1 is 0.714 bits per heavy atom. The summed E-state index contributed by atoms with van der Waals surface area (Å²) in [4.78, 5) is -0.941. The van der Waals surface area contributed by atoms with Crippen molar-refractivity contribution in [2.24, 2.45) is 11.8 Å². The van der Waals surface area contributed by atoms with Crippen molar-refractivity contribution in [3.8, 4) is 0 Å². The van der Waals surface area contributed by atoms with Gasteiger partial charge in [0.1, 0.15) is 0 Å². The molecule has 0 spiro atoms. The number of hydrogen-bond acceptors (Lipinski definition) is 0. The Kier molecular flexibility index (Phi) is 1.99. The largest absolute Gasteiger partial charge is 0.156 e. The summed E-state index contributed by atoms with van der Waals surface area (Å²) in [6.45, 7) is 0. The van der Waals surface area contributed by atoms with E-state index in [1.54, 1.807) is 0 Å². The Balaban J connectivity index is 2.10. The van der Waals surface area contributed by atoms with Crippen molar-refractivity contribution in [2.45, 2.75) is 46.2 Å². The average molecular weight is 274 g/mol. The van der Waals surface area contributed by atoms with Gasteiger partial charge < -0.3 is 0 Å². The first-order chi connectivity index (χ1) is 6.36. The fourth-order valence-corrected chi connectivity index (χ4v) is 5.76. The third-order valence-electron chi connectivity index (χ3n) is 4.24. The highest BCUT2D eigenvalue weighted by atomic mass is 35.5. The van der Waals surface area contributed by atoms with Crippen LogP contribution in [0.1, 0.15) is 32.1 Å². The minimum atomic E-state index is -0.948. The van der Waals surface area contributed by atoms with Crippen molar-refractivity contribution in [1.82, 2.24) is 0 Å². The topological polar surface area (TPSA) is 0 Å². The monoisotopic (exact) mass is 272 g/mol. The van der Waals surface area contributed by atoms with Crippen LogP contribution >= 0.6 is 46.4 Å². The third kappa shape index (κ3) is 1.04. The molecule has 0 aromatic rings. The molecule has 80 valence electrons. The molecule has 4 heteroatoms. The Hall–Kier alpha value is 1.16. The van der Waals surface area contributed by atoms with Crippen LogP contribution in [0.4, 0.5) is 0 Å². The molecule has 0 nitrogen and oxygen atoms in total. The Bertz CT molecular complexity index is 248. The highest BCUT2D eigenvalue weighted by molar-refractivity contribution is 6.58. The number of halogens is 4. The van der Waals surface area contributed by atoms with E-state index >= 15 is 0 Å². The van der Waals surface area contributed by atoms with E-state index in [1.165, 1.54) is 6.42 Å². The van der Waals surface area contributed by atoms with Gasteiger partial charge >= 0.3 is 0 Å². The maximum Gasteiger partial charge on any atom is 0.156 e. The van der Waals surface area contributed by atoms with Gasteiger partial charge in [0.2, 0.25) is 0 Å². The Morgan fingerprint density at radius 2 is 1.07 bits per heavy atom. The van der Waals surface area contributed by atoms with E-state index in [9.17, 15) is 0 Å². The van der Waals surface area contributed by atoms with Gasteiger partial charge in [0.25, 0.3) is 0 Å². The lowest BCUT2D eigenvalue weighted by atomic mass is 9.55. The van der Waals surface area contributed by atoms with Gasteiger partial charge in [-0.15, -0.1) is 23.2 Å². The zero-order valence-corrected chi connectivity index (χ0v) is 10.7. The standard InChI is InChI=1S/C10H12Cl4/c11-8-2-6-1-7(4-8)5-9(12,3-6)10(8,13)14/h6-7H,1-5H2. The summed E-state index contributed by atoms with van der Waals surface area (Å²) in [6, 6.07) is 0. The normalized spacial score (nSPS) is 59.1. The van der Waals surface area contributed by atoms with Crippen LogP contribution in [-0.2, 0) is 0 Å². The highest BCUT2D eigenvalue weighted by Crippen LogP contribution is 2.70. The molecule has 4 aliphatic rings. The van der Waals surface area contributed by atoms with Crippen LogP contribution in [0.2, 0.25) is 0 Å². The van der Waals surface area contributed by atoms with E-state index in [1.807, 2.05) is 0 Å². The molecule has 0 radical (unpaired) electrons. The van der Waals surface area contributed by atoms with Gasteiger partial charge in [0.15, 0.2) is 4.33 Å². The highest BCUT2D eigenvalue weighted by Gasteiger charge is 2.70. The van der Waals surface area contributed by atoms with Crippen molar-refractivity contribution < 1.29 is 0 Å². The lowest BCUT2D eigenvalue weighted by Gasteiger charge is -2.63. The second-order valence-corrected chi connectivity index (χ2v) is 8.06. The second kappa shape index (κ2) is 2.70. The zero-order valence-electron chi connectivity index (χ0n) is 7.70. The van der Waals surface area contributed by atoms with E-state index in [0.717, 1.165) is 25.7 Å². The van der Waals surface area contributed by atoms with E-state index in [0.29, 0.717) is 11.8 Å². The molecule has 4 aliphatic carbocycles. The van der Waals surface area contributed by atoms with Crippen LogP contribution in [0.15, 0.2) is 0 Å². The van der Waals surface area contributed by atoms with Crippen molar-refractivity contribution in [3.05, 3.63) is 0 Å². The van der Waals surface area contributed by atoms with Crippen LogP contribution < -0.4 is 0 Å². The summed E-state index contributed by atoms with van der Waals surface area (Å²) in [7, 11) is 0. The van der Waals surface area contributed by atoms with Gasteiger partial charge in [-0.1, -0.05) is 23.2 Å². The van der Waals surface area contributed by atoms with Crippen molar-refractivity contribution in [2.75, 3.05) is 0 Å². The van der Waals surface area contributed by atoms with Gasteiger partial charge in [-0.05, 0) is 43.9 Å².